The fourth-order valence-electron chi connectivity index (χ4n) is 4.56. The third kappa shape index (κ3) is 5.52. The molecule has 1 aliphatic heterocycles. The number of aromatic nitrogens is 4. The second-order valence-electron chi connectivity index (χ2n) is 9.43. The van der Waals surface area contributed by atoms with Gasteiger partial charge < -0.3 is 10.6 Å². The van der Waals surface area contributed by atoms with E-state index in [2.05, 4.69) is 56.5 Å². The van der Waals surface area contributed by atoms with Crippen LogP contribution in [-0.4, -0.2) is 44.9 Å². The number of nitrogens with one attached hydrogen (secondary N) is 2. The first-order valence-electron chi connectivity index (χ1n) is 12.2. The monoisotopic (exact) mass is 466 g/mol. The number of benzene rings is 1. The van der Waals surface area contributed by atoms with Crippen LogP contribution in [0.4, 0.5) is 5.82 Å². The van der Waals surface area contributed by atoms with Crippen LogP contribution in [0.1, 0.15) is 54.2 Å². The molecular weight excluding hydrogens is 436 g/mol. The van der Waals surface area contributed by atoms with E-state index in [1.54, 1.807) is 24.8 Å². The maximum Gasteiger partial charge on any atom is 0.168 e. The van der Waals surface area contributed by atoms with E-state index in [4.69, 9.17) is 0 Å². The molecule has 1 saturated heterocycles. The average Bonchev–Trinajstić information content (AvgIpc) is 2.88. The number of carbonyl (C=O) groups is 1. The molecule has 1 aliphatic rings. The normalized spacial score (nSPS) is 14.4. The van der Waals surface area contributed by atoms with E-state index >= 15 is 0 Å². The van der Waals surface area contributed by atoms with Crippen LogP contribution in [0.5, 0.6) is 0 Å². The van der Waals surface area contributed by atoms with E-state index in [1.165, 1.54) is 5.56 Å². The van der Waals surface area contributed by atoms with Crippen molar-refractivity contribution in [2.45, 2.75) is 45.1 Å². The summed E-state index contributed by atoms with van der Waals surface area (Å²) in [5.41, 5.74) is 4.18. The van der Waals surface area contributed by atoms with Gasteiger partial charge in [0.25, 0.3) is 0 Å². The molecule has 0 saturated carbocycles. The Morgan fingerprint density at radius 2 is 1.83 bits per heavy atom. The van der Waals surface area contributed by atoms with Crippen molar-refractivity contribution in [1.82, 2.24) is 25.3 Å². The fourth-order valence-corrected chi connectivity index (χ4v) is 4.56. The van der Waals surface area contributed by atoms with Crippen LogP contribution in [0.3, 0.4) is 0 Å². The summed E-state index contributed by atoms with van der Waals surface area (Å²) >= 11 is 0. The summed E-state index contributed by atoms with van der Waals surface area (Å²) in [6.07, 6.45) is 9.47. The molecule has 1 fully saturated rings. The van der Waals surface area contributed by atoms with Gasteiger partial charge in [-0.25, -0.2) is 4.98 Å². The van der Waals surface area contributed by atoms with Crippen molar-refractivity contribution in [3.05, 3.63) is 78.0 Å². The van der Waals surface area contributed by atoms with Crippen LogP contribution >= 0.6 is 0 Å². The SMILES string of the molecule is CC(C)Nc1cncc(-c2cc3cc(CC(=O)c4cccc(C5CCNCC5)c4)ncc3cn2)n1. The van der Waals surface area contributed by atoms with E-state index in [0.717, 1.165) is 53.7 Å². The minimum Gasteiger partial charge on any atom is -0.367 e. The van der Waals surface area contributed by atoms with E-state index in [1.807, 2.05) is 24.3 Å². The van der Waals surface area contributed by atoms with Crippen LogP contribution in [0.25, 0.3) is 22.2 Å². The van der Waals surface area contributed by atoms with Crippen molar-refractivity contribution < 1.29 is 4.79 Å². The molecule has 0 amide bonds. The first-order valence-corrected chi connectivity index (χ1v) is 12.2. The van der Waals surface area contributed by atoms with Gasteiger partial charge in [-0.15, -0.1) is 0 Å². The Balaban J connectivity index is 1.36. The third-order valence-corrected chi connectivity index (χ3v) is 6.35. The number of ketones is 1. The lowest BCUT2D eigenvalue weighted by molar-refractivity contribution is 0.0992. The zero-order chi connectivity index (χ0) is 24.2. The predicted molar refractivity (Wildman–Crippen MR) is 139 cm³/mol. The molecule has 7 nitrogen and oxygen atoms in total. The number of nitrogens with zero attached hydrogens (tertiary/aromatic N) is 4. The smallest absolute Gasteiger partial charge is 0.168 e. The molecule has 0 atom stereocenters. The van der Waals surface area contributed by atoms with Gasteiger partial charge >= 0.3 is 0 Å². The molecule has 178 valence electrons. The Kier molecular flexibility index (Phi) is 6.77. The number of carbonyl (C=O) groups excluding carboxylic acids is 1. The van der Waals surface area contributed by atoms with Crippen LogP contribution in [0.15, 0.2) is 61.2 Å². The number of piperidine rings is 1. The second kappa shape index (κ2) is 10.3. The van der Waals surface area contributed by atoms with Gasteiger partial charge in [-0.3, -0.25) is 19.7 Å². The number of hydrogen-bond donors (Lipinski definition) is 2. The molecule has 0 spiro atoms. The Hall–Kier alpha value is -3.71. The molecule has 3 aromatic heterocycles. The van der Waals surface area contributed by atoms with Gasteiger partial charge in [-0.2, -0.15) is 0 Å². The number of fused-ring (bicyclic) bond motifs is 1. The lowest BCUT2D eigenvalue weighted by atomic mass is 9.88. The minimum absolute atomic E-state index is 0.0836. The van der Waals surface area contributed by atoms with Crippen molar-refractivity contribution in [1.29, 1.82) is 0 Å². The molecule has 7 heteroatoms. The fraction of sp³-hybridized carbons (Fsp3) is 0.321. The van der Waals surface area contributed by atoms with Crippen LogP contribution < -0.4 is 10.6 Å². The van der Waals surface area contributed by atoms with Crippen molar-refractivity contribution in [2.75, 3.05) is 18.4 Å². The average molecular weight is 467 g/mol. The highest BCUT2D eigenvalue weighted by molar-refractivity contribution is 5.98. The maximum atomic E-state index is 13.1. The molecule has 35 heavy (non-hydrogen) atoms. The van der Waals surface area contributed by atoms with Crippen molar-refractivity contribution in [2.24, 2.45) is 0 Å². The molecular formula is C28H30N6O. The molecule has 4 aromatic rings. The topological polar surface area (TPSA) is 92.7 Å². The molecule has 0 radical (unpaired) electrons. The van der Waals surface area contributed by atoms with E-state index in [0.29, 0.717) is 17.4 Å². The van der Waals surface area contributed by atoms with Crippen LogP contribution in [0.2, 0.25) is 0 Å². The summed E-state index contributed by atoms with van der Waals surface area (Å²) in [6.45, 7) is 6.18. The number of anilines is 1. The standard InChI is InChI=1S/C28H30N6O/c1-18(2)33-28-17-30-16-26(34-28)25-12-22-11-24(31-14-23(22)15-32-25)13-27(35)21-5-3-4-20(10-21)19-6-8-29-9-7-19/h3-5,10-12,14-19,29H,6-9,13H2,1-2H3,(H,33,34). The Morgan fingerprint density at radius 1 is 1.00 bits per heavy atom. The highest BCUT2D eigenvalue weighted by atomic mass is 16.1. The van der Waals surface area contributed by atoms with Gasteiger partial charge in [-0.05, 0) is 74.8 Å². The lowest BCUT2D eigenvalue weighted by Gasteiger charge is -2.23. The predicted octanol–water partition coefficient (Wildman–Crippen LogP) is 4.80. The summed E-state index contributed by atoms with van der Waals surface area (Å²) in [4.78, 5) is 31.1. The van der Waals surface area contributed by atoms with E-state index in [9.17, 15) is 4.79 Å². The summed E-state index contributed by atoms with van der Waals surface area (Å²) in [7, 11) is 0. The highest BCUT2D eigenvalue weighted by Gasteiger charge is 2.17. The summed E-state index contributed by atoms with van der Waals surface area (Å²) < 4.78 is 0. The molecule has 0 aliphatic carbocycles. The zero-order valence-electron chi connectivity index (χ0n) is 20.2. The summed E-state index contributed by atoms with van der Waals surface area (Å²) in [5.74, 6) is 1.32. The first kappa shape index (κ1) is 23.1. The first-order chi connectivity index (χ1) is 17.0. The lowest BCUT2D eigenvalue weighted by Crippen LogP contribution is -2.26. The molecule has 0 bridgehead atoms. The molecule has 2 N–H and O–H groups in total. The Bertz CT molecular complexity index is 1350. The summed E-state index contributed by atoms with van der Waals surface area (Å²) in [6, 6.07) is 12.3. The second-order valence-corrected chi connectivity index (χ2v) is 9.43. The van der Waals surface area contributed by atoms with Gasteiger partial charge in [0.2, 0.25) is 0 Å². The molecule has 0 unspecified atom stereocenters. The minimum atomic E-state index is 0.0836. The van der Waals surface area contributed by atoms with Gasteiger partial charge in [0.1, 0.15) is 11.5 Å². The van der Waals surface area contributed by atoms with Gasteiger partial charge in [0.05, 0.1) is 24.5 Å². The molecule has 4 heterocycles. The quantitative estimate of drug-likeness (QED) is 0.378. The number of pyridine rings is 2. The number of Topliss-reactive ketones (excluding diaryl/α,β-unsaturated/α-hetero) is 1. The van der Waals surface area contributed by atoms with Gasteiger partial charge in [-0.1, -0.05) is 18.2 Å². The Morgan fingerprint density at radius 3 is 2.66 bits per heavy atom. The molecule has 5 rings (SSSR count). The van der Waals surface area contributed by atoms with Crippen LogP contribution in [0, 0.1) is 0 Å². The third-order valence-electron chi connectivity index (χ3n) is 6.35. The van der Waals surface area contributed by atoms with E-state index < -0.39 is 0 Å². The maximum absolute atomic E-state index is 13.1. The van der Waals surface area contributed by atoms with Crippen molar-refractivity contribution in [3.8, 4) is 11.4 Å². The van der Waals surface area contributed by atoms with Gasteiger partial charge in [0, 0.05) is 35.1 Å². The zero-order valence-corrected chi connectivity index (χ0v) is 20.2. The highest BCUT2D eigenvalue weighted by Crippen LogP contribution is 2.26. The molecule has 1 aromatic carbocycles. The van der Waals surface area contributed by atoms with Crippen molar-refractivity contribution in [3.63, 3.8) is 0 Å². The van der Waals surface area contributed by atoms with Gasteiger partial charge in [0.15, 0.2) is 5.78 Å². The number of rotatable bonds is 7. The summed E-state index contributed by atoms with van der Waals surface area (Å²) in [5, 5.41) is 8.57. The Labute approximate surface area is 205 Å². The van der Waals surface area contributed by atoms with E-state index in [-0.39, 0.29) is 18.2 Å². The largest absolute Gasteiger partial charge is 0.367 e. The van der Waals surface area contributed by atoms with Crippen molar-refractivity contribution >= 4 is 22.4 Å². The van der Waals surface area contributed by atoms with Crippen LogP contribution in [-0.2, 0) is 6.42 Å². The number of hydrogen-bond acceptors (Lipinski definition) is 7.